The maximum Gasteiger partial charge on any atom is 0.490 e. The zero-order valence-corrected chi connectivity index (χ0v) is 20.6. The van der Waals surface area contributed by atoms with Gasteiger partial charge in [-0.25, -0.2) is 18.0 Å². The van der Waals surface area contributed by atoms with E-state index in [-0.39, 0.29) is 16.1 Å². The van der Waals surface area contributed by atoms with Crippen molar-refractivity contribution in [1.29, 1.82) is 0 Å². The Hall–Kier alpha value is -3.28. The minimum Gasteiger partial charge on any atom is -0.478 e. The number of nitrogens with zero attached hydrogens (tertiary/aromatic N) is 1. The number of alkyl halides is 3. The third-order valence-electron chi connectivity index (χ3n) is 4.84. The van der Waals surface area contributed by atoms with E-state index in [1.54, 1.807) is 36.4 Å². The highest BCUT2D eigenvalue weighted by molar-refractivity contribution is 7.92. The van der Waals surface area contributed by atoms with Crippen molar-refractivity contribution in [2.75, 3.05) is 23.2 Å². The van der Waals surface area contributed by atoms with Crippen molar-refractivity contribution < 1.29 is 41.4 Å². The summed E-state index contributed by atoms with van der Waals surface area (Å²) in [6.45, 7) is 6.87. The zero-order chi connectivity index (χ0) is 27.0. The lowest BCUT2D eigenvalue weighted by molar-refractivity contribution is -0.192. The summed E-state index contributed by atoms with van der Waals surface area (Å²) in [5.74, 6) is -3.55. The molecule has 0 aliphatic carbocycles. The van der Waals surface area contributed by atoms with Crippen LogP contribution in [0, 0.1) is 0 Å². The molecule has 0 saturated heterocycles. The van der Waals surface area contributed by atoms with Gasteiger partial charge in [0.25, 0.3) is 10.0 Å². The molecule has 3 N–H and O–H groups in total. The standard InChI is InChI=1S/C21H28N2O4S.C2HF3O2/c1-5-6-13-23(4)20-12-9-17(14-19(20)21(24)25)22-28(26,27)18-10-7-16(8-11-18)15(2)3;3-2(4,5)1(6)7/h7-12,14-15,22H,5-6,13H2,1-4H3,(H,24,25);(H,6,7). The van der Waals surface area contributed by atoms with Crippen LogP contribution in [0.1, 0.15) is 55.5 Å². The lowest BCUT2D eigenvalue weighted by Crippen LogP contribution is -2.21. The van der Waals surface area contributed by atoms with Crippen LogP contribution < -0.4 is 9.62 Å². The van der Waals surface area contributed by atoms with Gasteiger partial charge in [0, 0.05) is 19.3 Å². The minimum atomic E-state index is -5.08. The van der Waals surface area contributed by atoms with Gasteiger partial charge in [-0.2, -0.15) is 13.2 Å². The monoisotopic (exact) mass is 518 g/mol. The largest absolute Gasteiger partial charge is 0.490 e. The second-order valence-corrected chi connectivity index (χ2v) is 9.63. The number of benzene rings is 2. The van der Waals surface area contributed by atoms with Gasteiger partial charge in [-0.3, -0.25) is 4.72 Å². The smallest absolute Gasteiger partial charge is 0.478 e. The second-order valence-electron chi connectivity index (χ2n) is 7.94. The van der Waals surface area contributed by atoms with Crippen LogP contribution in [0.15, 0.2) is 47.4 Å². The summed E-state index contributed by atoms with van der Waals surface area (Å²) >= 11 is 0. The molecular formula is C23H29F3N2O6S. The number of carboxylic acid groups (broad SMARTS) is 2. The molecule has 0 amide bonds. The minimum absolute atomic E-state index is 0.0639. The summed E-state index contributed by atoms with van der Waals surface area (Å²) in [4.78, 5) is 22.6. The highest BCUT2D eigenvalue weighted by atomic mass is 32.2. The number of hydrogen-bond acceptors (Lipinski definition) is 5. The average Bonchev–Trinajstić information content (AvgIpc) is 2.77. The number of rotatable bonds is 9. The Balaban J connectivity index is 0.000000762. The van der Waals surface area contributed by atoms with Crippen molar-refractivity contribution in [2.45, 2.75) is 50.6 Å². The van der Waals surface area contributed by atoms with Gasteiger partial charge in [0.15, 0.2) is 0 Å². The summed E-state index contributed by atoms with van der Waals surface area (Å²) in [6.07, 6.45) is -3.14. The molecule has 0 aromatic heterocycles. The third kappa shape index (κ3) is 9.12. The van der Waals surface area contributed by atoms with Gasteiger partial charge in [-0.05, 0) is 48.2 Å². The van der Waals surface area contributed by atoms with Crippen molar-refractivity contribution in [3.8, 4) is 0 Å². The fourth-order valence-electron chi connectivity index (χ4n) is 2.87. The average molecular weight is 519 g/mol. The van der Waals surface area contributed by atoms with Crippen molar-refractivity contribution >= 4 is 33.3 Å². The van der Waals surface area contributed by atoms with Crippen LogP contribution in [-0.2, 0) is 14.8 Å². The Labute approximate surface area is 202 Å². The van der Waals surface area contributed by atoms with E-state index in [1.807, 2.05) is 25.8 Å². The van der Waals surface area contributed by atoms with Crippen LogP contribution in [0.25, 0.3) is 0 Å². The Bertz CT molecular complexity index is 1120. The highest BCUT2D eigenvalue weighted by Crippen LogP contribution is 2.26. The van der Waals surface area contributed by atoms with E-state index in [4.69, 9.17) is 9.90 Å². The van der Waals surface area contributed by atoms with E-state index in [1.165, 1.54) is 6.07 Å². The number of carboxylic acids is 2. The number of nitrogens with one attached hydrogen (secondary N) is 1. The predicted molar refractivity (Wildman–Crippen MR) is 127 cm³/mol. The summed E-state index contributed by atoms with van der Waals surface area (Å²) in [6, 6.07) is 11.3. The highest BCUT2D eigenvalue weighted by Gasteiger charge is 2.38. The van der Waals surface area contributed by atoms with Crippen LogP contribution in [0.2, 0.25) is 0 Å². The first-order valence-corrected chi connectivity index (χ1v) is 12.1. The summed E-state index contributed by atoms with van der Waals surface area (Å²) in [5.41, 5.74) is 1.89. The van der Waals surface area contributed by atoms with Gasteiger partial charge in [0.2, 0.25) is 0 Å². The molecule has 0 fully saturated rings. The Morgan fingerprint density at radius 1 is 1.06 bits per heavy atom. The van der Waals surface area contributed by atoms with Crippen molar-refractivity contribution in [1.82, 2.24) is 0 Å². The molecule has 12 heteroatoms. The van der Waals surface area contributed by atoms with Gasteiger partial charge >= 0.3 is 18.1 Å². The molecule has 0 aliphatic rings. The van der Waals surface area contributed by atoms with Gasteiger partial charge < -0.3 is 15.1 Å². The summed E-state index contributed by atoms with van der Waals surface area (Å²) in [7, 11) is -1.97. The normalized spacial score (nSPS) is 11.4. The van der Waals surface area contributed by atoms with Crippen molar-refractivity contribution in [3.63, 3.8) is 0 Å². The second kappa shape index (κ2) is 12.4. The molecule has 0 aliphatic heterocycles. The molecule has 194 valence electrons. The van der Waals surface area contributed by atoms with Crippen molar-refractivity contribution in [3.05, 3.63) is 53.6 Å². The van der Waals surface area contributed by atoms with E-state index in [2.05, 4.69) is 11.6 Å². The SMILES string of the molecule is CCCCN(C)c1ccc(NS(=O)(=O)c2ccc(C(C)C)cc2)cc1C(=O)O.O=C(O)C(F)(F)F. The third-order valence-corrected chi connectivity index (χ3v) is 6.23. The van der Waals surface area contributed by atoms with E-state index >= 15 is 0 Å². The van der Waals surface area contributed by atoms with Crippen LogP contribution >= 0.6 is 0 Å². The molecule has 0 unspecified atom stereocenters. The maximum atomic E-state index is 12.7. The first-order valence-electron chi connectivity index (χ1n) is 10.6. The molecule has 0 atom stereocenters. The number of unbranched alkanes of at least 4 members (excludes halogenated alkanes) is 1. The molecule has 2 rings (SSSR count). The Kier molecular flexibility index (Phi) is 10.6. The zero-order valence-electron chi connectivity index (χ0n) is 19.8. The molecule has 0 spiro atoms. The molecule has 0 bridgehead atoms. The number of aromatic carboxylic acids is 1. The predicted octanol–water partition coefficient (Wildman–Crippen LogP) is 5.18. The number of aliphatic carboxylic acids is 1. The molecule has 0 heterocycles. The van der Waals surface area contributed by atoms with Gasteiger partial charge in [0.1, 0.15) is 0 Å². The molecule has 0 radical (unpaired) electrons. The number of hydrogen-bond donors (Lipinski definition) is 3. The number of carbonyl (C=O) groups is 2. The van der Waals surface area contributed by atoms with Crippen LogP contribution in [0.5, 0.6) is 0 Å². The van der Waals surface area contributed by atoms with E-state index < -0.39 is 28.1 Å². The Morgan fingerprint density at radius 3 is 2.03 bits per heavy atom. The molecule has 0 saturated carbocycles. The van der Waals surface area contributed by atoms with Crippen LogP contribution in [0.4, 0.5) is 24.5 Å². The number of anilines is 2. The number of sulfonamides is 1. The van der Waals surface area contributed by atoms with Gasteiger partial charge in [-0.1, -0.05) is 39.3 Å². The van der Waals surface area contributed by atoms with Crippen molar-refractivity contribution in [2.24, 2.45) is 0 Å². The molecule has 2 aromatic rings. The fraction of sp³-hybridized carbons (Fsp3) is 0.391. The first-order chi connectivity index (χ1) is 16.1. The molecule has 2 aromatic carbocycles. The van der Waals surface area contributed by atoms with E-state index in [0.717, 1.165) is 24.9 Å². The number of halogens is 3. The van der Waals surface area contributed by atoms with E-state index in [9.17, 15) is 31.5 Å². The Morgan fingerprint density at radius 2 is 1.60 bits per heavy atom. The molecular weight excluding hydrogens is 489 g/mol. The van der Waals surface area contributed by atoms with Crippen LogP contribution in [-0.4, -0.2) is 50.3 Å². The summed E-state index contributed by atoms with van der Waals surface area (Å²) < 4.78 is 59.5. The fourth-order valence-corrected chi connectivity index (χ4v) is 3.91. The van der Waals surface area contributed by atoms with E-state index in [0.29, 0.717) is 11.6 Å². The topological polar surface area (TPSA) is 124 Å². The van der Waals surface area contributed by atoms with Gasteiger partial charge in [0.05, 0.1) is 16.1 Å². The quantitative estimate of drug-likeness (QED) is 0.418. The van der Waals surface area contributed by atoms with Crippen LogP contribution in [0.3, 0.4) is 0 Å². The summed E-state index contributed by atoms with van der Waals surface area (Å²) in [5, 5.41) is 16.7. The molecule has 35 heavy (non-hydrogen) atoms. The van der Waals surface area contributed by atoms with Gasteiger partial charge in [-0.15, -0.1) is 0 Å². The maximum absolute atomic E-state index is 12.7. The lowest BCUT2D eigenvalue weighted by atomic mass is 10.0. The molecule has 8 nitrogen and oxygen atoms in total. The first kappa shape index (κ1) is 29.8. The lowest BCUT2D eigenvalue weighted by Gasteiger charge is -2.21.